The van der Waals surface area contributed by atoms with Gasteiger partial charge in [0.1, 0.15) is 24.2 Å². The summed E-state index contributed by atoms with van der Waals surface area (Å²) in [6.07, 6.45) is 3.46. The molecule has 386 valence electrons. The Hall–Kier alpha value is -6.53. The molecule has 0 bridgehead atoms. The number of carbonyl (C=O) groups excluding carboxylic acids is 6. The highest BCUT2D eigenvalue weighted by Gasteiger charge is 2.47. The maximum absolute atomic E-state index is 15.1. The molecule has 1 unspecified atom stereocenters. The molecule has 18 nitrogen and oxygen atoms in total. The van der Waals surface area contributed by atoms with Crippen molar-refractivity contribution in [2.75, 3.05) is 20.6 Å². The Morgan fingerprint density at radius 1 is 0.722 bits per heavy atom. The predicted octanol–water partition coefficient (Wildman–Crippen LogP) is 3.71. The van der Waals surface area contributed by atoms with E-state index in [1.165, 1.54) is 5.56 Å². The minimum Gasteiger partial charge on any atom is -0.347 e. The summed E-state index contributed by atoms with van der Waals surface area (Å²) in [4.78, 5) is 89.7. The number of nitrogens with one attached hydrogen (secondary N) is 7. The summed E-state index contributed by atoms with van der Waals surface area (Å²) in [7, 11) is 3.35. The Bertz CT molecular complexity index is 2580. The van der Waals surface area contributed by atoms with E-state index in [1.807, 2.05) is 102 Å². The van der Waals surface area contributed by atoms with Crippen molar-refractivity contribution in [3.8, 4) is 0 Å². The largest absolute Gasteiger partial charge is 0.347 e. The van der Waals surface area contributed by atoms with E-state index in [-0.39, 0.29) is 67.3 Å². The highest BCUT2D eigenvalue weighted by Crippen LogP contribution is 2.38. The Morgan fingerprint density at radius 2 is 1.35 bits per heavy atom. The lowest BCUT2D eigenvalue weighted by Gasteiger charge is -2.42. The Kier molecular flexibility index (Phi) is 16.6. The molecular formula is C54H74N12O6. The number of nitrogens with zero attached hydrogens (tertiary/aromatic N) is 5. The molecule has 3 heterocycles. The third-order valence-electron chi connectivity index (χ3n) is 14.7. The first-order chi connectivity index (χ1) is 34.2. The number of aryl methyl sites for hydroxylation is 1. The first-order valence-electron chi connectivity index (χ1n) is 25.3. The number of likely N-dealkylation sites (tertiary alicyclic amines) is 1. The van der Waals surface area contributed by atoms with Crippen molar-refractivity contribution < 1.29 is 28.8 Å². The fourth-order valence-electron chi connectivity index (χ4n) is 10.1. The standard InChI is InChI=1S/C54H74N12O6/c1-31(55-9)47(67)59-44(53(3,4)5)51(71)65-29-37-26-35(23-24-36(37)27-42(65)49(69)57-40-22-16-20-34-19-14-15-21-39(34)40)38-28-43(66(30-38)52(72)45(54(6,7)8)60-48(68)32(2)56-10)50(70)58-41(46-61-63-64-62-46)25-33-17-12-11-13-18-33/h11-15,17-19,21,23-24,26,31-32,38,40-45,55-56H,16,20,22,25,27-30H2,1-10H3,(H,57,69)(H,58,70)(H,59,67)(H,60,68)(H,61,62,63,64)/t31-,32-,38-,40+,41-,42?,43-,44+,45+/m0/s1. The number of aromatic nitrogens is 4. The number of carbonyl (C=O) groups is 6. The van der Waals surface area contributed by atoms with Crippen molar-refractivity contribution in [2.45, 2.75) is 155 Å². The molecule has 2 aliphatic heterocycles. The van der Waals surface area contributed by atoms with Gasteiger partial charge < -0.3 is 41.7 Å². The summed E-state index contributed by atoms with van der Waals surface area (Å²) >= 11 is 0. The van der Waals surface area contributed by atoms with Gasteiger partial charge in [-0.2, -0.15) is 5.21 Å². The predicted molar refractivity (Wildman–Crippen MR) is 273 cm³/mol. The van der Waals surface area contributed by atoms with Crippen LogP contribution >= 0.6 is 0 Å². The zero-order chi connectivity index (χ0) is 52.1. The number of likely N-dealkylation sites (N-methyl/N-ethyl adjacent to an activating group) is 2. The summed E-state index contributed by atoms with van der Waals surface area (Å²) in [5.74, 6) is -2.19. The Balaban J connectivity index is 1.23. The van der Waals surface area contributed by atoms with Crippen LogP contribution in [-0.2, 0) is 54.6 Å². The lowest BCUT2D eigenvalue weighted by atomic mass is 9.83. The van der Waals surface area contributed by atoms with Crippen molar-refractivity contribution >= 4 is 35.4 Å². The van der Waals surface area contributed by atoms with E-state index in [0.717, 1.165) is 47.1 Å². The molecular weight excluding hydrogens is 913 g/mol. The SMILES string of the molecule is CN[C@@H](C)C(=O)N[C@H](C(=O)N1Cc2cc([C@H]3C[C@@H](C(=O)N[C@@H](Cc4ccccc4)c4nn[nH]n4)N(C(=O)[C@@H](NC(=O)[C@H](C)NC)C(C)(C)C)C3)ccc2CC1C(=O)N[C@@H]1CCCc2ccccc21)C(C)(C)C. The molecule has 0 radical (unpaired) electrons. The summed E-state index contributed by atoms with van der Waals surface area (Å²) in [6.45, 7) is 15.0. The summed E-state index contributed by atoms with van der Waals surface area (Å²) in [5.41, 5.74) is 4.32. The molecule has 3 aliphatic rings. The van der Waals surface area contributed by atoms with Crippen molar-refractivity contribution in [1.29, 1.82) is 0 Å². The van der Waals surface area contributed by atoms with Gasteiger partial charge in [-0.05, 0) is 97.8 Å². The molecule has 1 aliphatic carbocycles. The highest BCUT2D eigenvalue weighted by molar-refractivity contribution is 5.95. The third-order valence-corrected chi connectivity index (χ3v) is 14.7. The third kappa shape index (κ3) is 12.2. The molecule has 1 saturated heterocycles. The van der Waals surface area contributed by atoms with Crippen LogP contribution in [-0.4, -0.2) is 123 Å². The first-order valence-corrected chi connectivity index (χ1v) is 25.3. The minimum absolute atomic E-state index is 0.0816. The zero-order valence-corrected chi connectivity index (χ0v) is 43.5. The van der Waals surface area contributed by atoms with E-state index >= 15 is 9.59 Å². The van der Waals surface area contributed by atoms with Crippen LogP contribution in [0.4, 0.5) is 0 Å². The van der Waals surface area contributed by atoms with Gasteiger partial charge in [-0.15, -0.1) is 10.2 Å². The van der Waals surface area contributed by atoms with Gasteiger partial charge in [-0.3, -0.25) is 28.8 Å². The quantitative estimate of drug-likeness (QED) is 0.0855. The van der Waals surface area contributed by atoms with Crippen molar-refractivity contribution in [2.24, 2.45) is 10.8 Å². The van der Waals surface area contributed by atoms with Crippen molar-refractivity contribution in [3.05, 3.63) is 112 Å². The van der Waals surface area contributed by atoms with Crippen molar-refractivity contribution in [1.82, 2.24) is 62.3 Å². The van der Waals surface area contributed by atoms with Gasteiger partial charge in [0.15, 0.2) is 5.82 Å². The molecule has 1 aromatic heterocycles. The number of fused-ring (bicyclic) bond motifs is 2. The maximum atomic E-state index is 15.1. The minimum atomic E-state index is -0.979. The summed E-state index contributed by atoms with van der Waals surface area (Å²) in [5, 5.41) is 33.0. The van der Waals surface area contributed by atoms with Crippen LogP contribution < -0.4 is 31.9 Å². The molecule has 18 heteroatoms. The van der Waals surface area contributed by atoms with E-state index in [2.05, 4.69) is 64.7 Å². The van der Waals surface area contributed by atoms with E-state index in [1.54, 1.807) is 37.7 Å². The Morgan fingerprint density at radius 3 is 1.96 bits per heavy atom. The fourth-order valence-corrected chi connectivity index (χ4v) is 10.1. The zero-order valence-electron chi connectivity index (χ0n) is 43.5. The van der Waals surface area contributed by atoms with E-state index in [0.29, 0.717) is 6.42 Å². The van der Waals surface area contributed by atoms with Crippen LogP contribution in [0, 0.1) is 10.8 Å². The smallest absolute Gasteiger partial charge is 0.246 e. The molecule has 0 spiro atoms. The number of benzene rings is 3. The van der Waals surface area contributed by atoms with Crippen molar-refractivity contribution in [3.63, 3.8) is 0 Å². The lowest BCUT2D eigenvalue weighted by Crippen LogP contribution is -2.62. The molecule has 9 atom stereocenters. The van der Waals surface area contributed by atoms with Gasteiger partial charge in [0, 0.05) is 31.8 Å². The molecule has 3 aromatic carbocycles. The van der Waals surface area contributed by atoms with E-state index < -0.39 is 64.9 Å². The molecule has 0 saturated carbocycles. The second-order valence-electron chi connectivity index (χ2n) is 22.0. The normalized spacial score (nSPS) is 21.0. The number of H-pyrrole nitrogens is 1. The van der Waals surface area contributed by atoms with Gasteiger partial charge in [0.2, 0.25) is 35.4 Å². The van der Waals surface area contributed by atoms with Crippen LogP contribution in [0.3, 0.4) is 0 Å². The number of aromatic amines is 1. The lowest BCUT2D eigenvalue weighted by molar-refractivity contribution is -0.147. The van der Waals surface area contributed by atoms with Crippen LogP contribution in [0.5, 0.6) is 0 Å². The van der Waals surface area contributed by atoms with Gasteiger partial charge in [-0.1, -0.05) is 120 Å². The number of tetrazole rings is 1. The molecule has 6 amide bonds. The topological polar surface area (TPSA) is 236 Å². The molecule has 72 heavy (non-hydrogen) atoms. The number of rotatable bonds is 16. The van der Waals surface area contributed by atoms with Crippen LogP contribution in [0.15, 0.2) is 72.8 Å². The highest BCUT2D eigenvalue weighted by atomic mass is 16.2. The monoisotopic (exact) mass is 987 g/mol. The average molecular weight is 987 g/mol. The molecule has 7 rings (SSSR count). The molecule has 1 fully saturated rings. The molecule has 7 N–H and O–H groups in total. The van der Waals surface area contributed by atoms with Gasteiger partial charge in [0.05, 0.1) is 24.2 Å². The summed E-state index contributed by atoms with van der Waals surface area (Å²) < 4.78 is 0. The average Bonchev–Trinajstić information content (AvgIpc) is 4.07. The van der Waals surface area contributed by atoms with Crippen LogP contribution in [0.1, 0.15) is 132 Å². The first kappa shape index (κ1) is 53.3. The second kappa shape index (κ2) is 22.5. The van der Waals surface area contributed by atoms with Gasteiger partial charge in [-0.25, -0.2) is 0 Å². The van der Waals surface area contributed by atoms with Crippen LogP contribution in [0.2, 0.25) is 0 Å². The number of hydrogen-bond acceptors (Lipinski definition) is 11. The number of hydrogen-bond donors (Lipinski definition) is 7. The second-order valence-corrected chi connectivity index (χ2v) is 22.0. The maximum Gasteiger partial charge on any atom is 0.246 e. The molecule has 4 aromatic rings. The van der Waals surface area contributed by atoms with E-state index in [9.17, 15) is 19.2 Å². The number of amides is 6. The van der Waals surface area contributed by atoms with Gasteiger partial charge in [0.25, 0.3) is 0 Å². The summed E-state index contributed by atoms with van der Waals surface area (Å²) in [6, 6.07) is 18.0. The van der Waals surface area contributed by atoms with E-state index in [4.69, 9.17) is 0 Å². The van der Waals surface area contributed by atoms with Crippen LogP contribution in [0.25, 0.3) is 0 Å². The Labute approximate surface area is 423 Å². The fraction of sp³-hybridized carbons (Fsp3) is 0.537. The van der Waals surface area contributed by atoms with Gasteiger partial charge >= 0.3 is 0 Å².